The fraction of sp³-hybridized carbons (Fsp3) is 0.579. The first-order valence-electron chi connectivity index (χ1n) is 8.86. The molecule has 0 aliphatic heterocycles. The van der Waals surface area contributed by atoms with Crippen molar-refractivity contribution in [3.05, 3.63) is 35.4 Å². The van der Waals surface area contributed by atoms with Gasteiger partial charge in [0.1, 0.15) is 0 Å². The van der Waals surface area contributed by atoms with Gasteiger partial charge in [0.2, 0.25) is 5.91 Å². The van der Waals surface area contributed by atoms with E-state index in [4.69, 9.17) is 5.73 Å². The van der Waals surface area contributed by atoms with E-state index in [1.165, 1.54) is 19.3 Å². The number of nitrogens with one attached hydrogen (secondary N) is 2. The van der Waals surface area contributed by atoms with E-state index in [1.807, 2.05) is 18.2 Å². The lowest BCUT2D eigenvalue weighted by atomic mass is 9.71. The Morgan fingerprint density at radius 1 is 1.21 bits per heavy atom. The molecular weight excluding hydrogens is 302 g/mol. The summed E-state index contributed by atoms with van der Waals surface area (Å²) in [4.78, 5) is 23.9. The van der Waals surface area contributed by atoms with E-state index in [1.54, 1.807) is 13.1 Å². The van der Waals surface area contributed by atoms with Crippen molar-refractivity contribution < 1.29 is 9.59 Å². The summed E-state index contributed by atoms with van der Waals surface area (Å²) >= 11 is 0. The average Bonchev–Trinajstić information content (AvgIpc) is 2.62. The van der Waals surface area contributed by atoms with Gasteiger partial charge in [0.05, 0.1) is 0 Å². The van der Waals surface area contributed by atoms with Crippen molar-refractivity contribution in [1.29, 1.82) is 0 Å². The Bertz CT molecular complexity index is 565. The summed E-state index contributed by atoms with van der Waals surface area (Å²) in [6.45, 7) is 1.17. The van der Waals surface area contributed by atoms with Gasteiger partial charge in [-0.3, -0.25) is 9.59 Å². The van der Waals surface area contributed by atoms with E-state index in [-0.39, 0.29) is 17.2 Å². The SMILES string of the molecule is CNC(=O)c1cccc(CCNC(=O)CC2(CN)CCCCC2)c1. The van der Waals surface area contributed by atoms with Crippen molar-refractivity contribution in [3.63, 3.8) is 0 Å². The lowest BCUT2D eigenvalue weighted by molar-refractivity contribution is -0.123. The number of amides is 2. The molecule has 2 amide bonds. The number of carbonyl (C=O) groups excluding carboxylic acids is 2. The molecule has 1 aromatic carbocycles. The molecular formula is C19H29N3O2. The van der Waals surface area contributed by atoms with Crippen LogP contribution >= 0.6 is 0 Å². The van der Waals surface area contributed by atoms with E-state index in [0.717, 1.165) is 18.4 Å². The Morgan fingerprint density at radius 3 is 2.62 bits per heavy atom. The van der Waals surface area contributed by atoms with E-state index in [9.17, 15) is 9.59 Å². The molecule has 0 bridgehead atoms. The average molecular weight is 331 g/mol. The molecule has 0 radical (unpaired) electrons. The van der Waals surface area contributed by atoms with Gasteiger partial charge >= 0.3 is 0 Å². The van der Waals surface area contributed by atoms with Crippen LogP contribution in [0.25, 0.3) is 0 Å². The molecule has 0 aromatic heterocycles. The van der Waals surface area contributed by atoms with Gasteiger partial charge in [0.15, 0.2) is 0 Å². The maximum absolute atomic E-state index is 12.3. The van der Waals surface area contributed by atoms with Crippen molar-refractivity contribution in [3.8, 4) is 0 Å². The first-order valence-corrected chi connectivity index (χ1v) is 8.86. The van der Waals surface area contributed by atoms with E-state index >= 15 is 0 Å². The summed E-state index contributed by atoms with van der Waals surface area (Å²) in [5.41, 5.74) is 7.64. The Kier molecular flexibility index (Phi) is 6.79. The van der Waals surface area contributed by atoms with Gasteiger partial charge in [0, 0.05) is 25.6 Å². The third-order valence-electron chi connectivity index (χ3n) is 5.03. The summed E-state index contributed by atoms with van der Waals surface area (Å²) in [6.07, 6.45) is 6.97. The number of hydrogen-bond donors (Lipinski definition) is 3. The van der Waals surface area contributed by atoms with Gasteiger partial charge in [-0.15, -0.1) is 0 Å². The molecule has 0 heterocycles. The Labute approximate surface area is 144 Å². The smallest absolute Gasteiger partial charge is 0.251 e. The molecule has 132 valence electrons. The van der Waals surface area contributed by atoms with Crippen LogP contribution < -0.4 is 16.4 Å². The second kappa shape index (κ2) is 8.83. The fourth-order valence-electron chi connectivity index (χ4n) is 3.52. The summed E-state index contributed by atoms with van der Waals surface area (Å²) in [6, 6.07) is 7.50. The van der Waals surface area contributed by atoms with Crippen LogP contribution in [-0.4, -0.2) is 32.0 Å². The molecule has 0 unspecified atom stereocenters. The van der Waals surface area contributed by atoms with Crippen LogP contribution in [0.5, 0.6) is 0 Å². The van der Waals surface area contributed by atoms with Crippen molar-refractivity contribution in [1.82, 2.24) is 10.6 Å². The standard InChI is InChI=1S/C19H29N3O2/c1-21-18(24)16-7-5-6-15(12-16)8-11-22-17(23)13-19(14-20)9-3-2-4-10-19/h5-7,12H,2-4,8-11,13-14,20H2,1H3,(H,21,24)(H,22,23). The topological polar surface area (TPSA) is 84.2 Å². The highest BCUT2D eigenvalue weighted by atomic mass is 16.2. The second-order valence-corrected chi connectivity index (χ2v) is 6.82. The predicted octanol–water partition coefficient (Wildman–Crippen LogP) is 2.00. The molecule has 24 heavy (non-hydrogen) atoms. The van der Waals surface area contributed by atoms with Gasteiger partial charge in [-0.1, -0.05) is 31.4 Å². The van der Waals surface area contributed by atoms with Crippen LogP contribution in [-0.2, 0) is 11.2 Å². The maximum atomic E-state index is 12.3. The quantitative estimate of drug-likeness (QED) is 0.714. The second-order valence-electron chi connectivity index (χ2n) is 6.82. The normalized spacial score (nSPS) is 16.4. The molecule has 1 aliphatic carbocycles. The molecule has 0 saturated heterocycles. The molecule has 4 N–H and O–H groups in total. The molecule has 0 atom stereocenters. The van der Waals surface area contributed by atoms with Gasteiger partial charge < -0.3 is 16.4 Å². The van der Waals surface area contributed by atoms with Crippen molar-refractivity contribution in [2.45, 2.75) is 44.9 Å². The Morgan fingerprint density at radius 2 is 1.96 bits per heavy atom. The zero-order chi connectivity index (χ0) is 17.4. The number of rotatable bonds is 7. The van der Waals surface area contributed by atoms with Crippen LogP contribution in [0.3, 0.4) is 0 Å². The maximum Gasteiger partial charge on any atom is 0.251 e. The molecule has 5 heteroatoms. The molecule has 0 spiro atoms. The largest absolute Gasteiger partial charge is 0.356 e. The van der Waals surface area contributed by atoms with Gasteiger partial charge in [0.25, 0.3) is 5.91 Å². The molecule has 1 aromatic rings. The first-order chi connectivity index (χ1) is 11.6. The van der Waals surface area contributed by atoms with Crippen molar-refractivity contribution in [2.24, 2.45) is 11.1 Å². The molecule has 2 rings (SSSR count). The number of nitrogens with two attached hydrogens (primary N) is 1. The van der Waals surface area contributed by atoms with Crippen molar-refractivity contribution in [2.75, 3.05) is 20.1 Å². The number of benzene rings is 1. The third-order valence-corrected chi connectivity index (χ3v) is 5.03. The van der Waals surface area contributed by atoms with E-state index in [0.29, 0.717) is 31.5 Å². The molecule has 1 fully saturated rings. The summed E-state index contributed by atoms with van der Waals surface area (Å²) in [5.74, 6) is -0.00659. The van der Waals surface area contributed by atoms with E-state index in [2.05, 4.69) is 10.6 Å². The van der Waals surface area contributed by atoms with Crippen molar-refractivity contribution >= 4 is 11.8 Å². The third kappa shape index (κ3) is 5.06. The number of carbonyl (C=O) groups is 2. The van der Waals surface area contributed by atoms with Crippen LogP contribution in [0, 0.1) is 5.41 Å². The summed E-state index contributed by atoms with van der Waals surface area (Å²) < 4.78 is 0. The molecule has 1 saturated carbocycles. The van der Waals surface area contributed by atoms with Gasteiger partial charge in [-0.25, -0.2) is 0 Å². The predicted molar refractivity (Wildman–Crippen MR) is 95.7 cm³/mol. The minimum atomic E-state index is -0.0944. The highest BCUT2D eigenvalue weighted by molar-refractivity contribution is 5.94. The fourth-order valence-corrected chi connectivity index (χ4v) is 3.52. The molecule has 5 nitrogen and oxygen atoms in total. The Balaban J connectivity index is 1.81. The summed E-state index contributed by atoms with van der Waals surface area (Å²) in [7, 11) is 1.62. The molecule has 1 aliphatic rings. The van der Waals surface area contributed by atoms with E-state index < -0.39 is 0 Å². The first kappa shape index (κ1) is 18.5. The Hall–Kier alpha value is -1.88. The summed E-state index contributed by atoms with van der Waals surface area (Å²) in [5, 5.41) is 5.62. The van der Waals surface area contributed by atoms with Crippen LogP contribution in [0.15, 0.2) is 24.3 Å². The minimum Gasteiger partial charge on any atom is -0.356 e. The zero-order valence-electron chi connectivity index (χ0n) is 14.6. The van der Waals surface area contributed by atoms with Crippen LogP contribution in [0.1, 0.15) is 54.4 Å². The highest BCUT2D eigenvalue weighted by Crippen LogP contribution is 2.38. The van der Waals surface area contributed by atoms with Gasteiger partial charge in [-0.05, 0) is 48.9 Å². The lowest BCUT2D eigenvalue weighted by Gasteiger charge is -2.35. The van der Waals surface area contributed by atoms with Gasteiger partial charge in [-0.2, -0.15) is 0 Å². The lowest BCUT2D eigenvalue weighted by Crippen LogP contribution is -2.39. The minimum absolute atomic E-state index is 0.00145. The number of hydrogen-bond acceptors (Lipinski definition) is 3. The highest BCUT2D eigenvalue weighted by Gasteiger charge is 2.32. The van der Waals surface area contributed by atoms with Crippen LogP contribution in [0.2, 0.25) is 0 Å². The monoisotopic (exact) mass is 331 g/mol. The zero-order valence-corrected chi connectivity index (χ0v) is 14.6. The van der Waals surface area contributed by atoms with Crippen LogP contribution in [0.4, 0.5) is 0 Å².